The average molecular weight is 251 g/mol. The molecule has 0 atom stereocenters. The molecule has 1 aromatic heterocycles. The molecule has 0 amide bonds. The van der Waals surface area contributed by atoms with Crippen molar-refractivity contribution in [1.29, 1.82) is 0 Å². The smallest absolute Gasteiger partial charge is 0.119 e. The van der Waals surface area contributed by atoms with Gasteiger partial charge >= 0.3 is 0 Å². The highest BCUT2D eigenvalue weighted by Gasteiger charge is 2.09. The highest BCUT2D eigenvalue weighted by Crippen LogP contribution is 2.31. The van der Waals surface area contributed by atoms with Gasteiger partial charge in [-0.2, -0.15) is 0 Å². The van der Waals surface area contributed by atoms with Crippen molar-refractivity contribution in [3.05, 3.63) is 54.1 Å². The van der Waals surface area contributed by atoms with Gasteiger partial charge in [-0.25, -0.2) is 0 Å². The van der Waals surface area contributed by atoms with Gasteiger partial charge in [0.1, 0.15) is 5.75 Å². The maximum atomic E-state index is 9.88. The van der Waals surface area contributed by atoms with E-state index >= 15 is 0 Å². The monoisotopic (exact) mass is 251 g/mol. The number of hydrogen-bond donors (Lipinski definition) is 2. The lowest BCUT2D eigenvalue weighted by Crippen LogP contribution is -1.89. The summed E-state index contributed by atoms with van der Waals surface area (Å²) in [5, 5.41) is 11.1. The van der Waals surface area contributed by atoms with Crippen LogP contribution in [0, 0.1) is 0 Å². The van der Waals surface area contributed by atoms with E-state index in [2.05, 4.69) is 43.1 Å². The van der Waals surface area contributed by atoms with Gasteiger partial charge in [-0.05, 0) is 47.4 Å². The number of aromatic amines is 1. The Hall–Kier alpha value is -2.22. The van der Waals surface area contributed by atoms with Crippen molar-refractivity contribution in [3.63, 3.8) is 0 Å². The molecule has 0 aliphatic rings. The molecule has 0 fully saturated rings. The van der Waals surface area contributed by atoms with Gasteiger partial charge in [0, 0.05) is 16.6 Å². The Morgan fingerprint density at radius 3 is 2.53 bits per heavy atom. The highest BCUT2D eigenvalue weighted by atomic mass is 16.3. The van der Waals surface area contributed by atoms with Crippen molar-refractivity contribution < 1.29 is 5.11 Å². The molecule has 2 heteroatoms. The number of rotatable bonds is 2. The molecule has 1 heterocycles. The third kappa shape index (κ3) is 2.10. The fourth-order valence-corrected chi connectivity index (χ4v) is 2.41. The Bertz CT molecular complexity index is 692. The van der Waals surface area contributed by atoms with Crippen molar-refractivity contribution in [2.45, 2.75) is 19.8 Å². The molecule has 0 spiro atoms. The second-order valence-electron chi connectivity index (χ2n) is 5.20. The van der Waals surface area contributed by atoms with E-state index in [0.717, 1.165) is 22.3 Å². The maximum absolute atomic E-state index is 9.88. The van der Waals surface area contributed by atoms with Crippen LogP contribution in [0.15, 0.2) is 48.5 Å². The summed E-state index contributed by atoms with van der Waals surface area (Å²) in [5.41, 5.74) is 4.31. The van der Waals surface area contributed by atoms with E-state index in [1.165, 1.54) is 5.39 Å². The summed E-state index contributed by atoms with van der Waals surface area (Å²) in [5.74, 6) is 0.680. The Morgan fingerprint density at radius 1 is 1.00 bits per heavy atom. The molecular weight excluding hydrogens is 234 g/mol. The number of para-hydroxylation sites is 1. The van der Waals surface area contributed by atoms with Crippen LogP contribution in [0.25, 0.3) is 22.2 Å². The summed E-state index contributed by atoms with van der Waals surface area (Å²) >= 11 is 0. The zero-order chi connectivity index (χ0) is 13.4. The largest absolute Gasteiger partial charge is 0.508 e. The number of aromatic hydroxyl groups is 1. The second kappa shape index (κ2) is 4.47. The Kier molecular flexibility index (Phi) is 2.79. The lowest BCUT2D eigenvalue weighted by Gasteiger charge is -2.09. The molecule has 2 N–H and O–H groups in total. The van der Waals surface area contributed by atoms with Gasteiger partial charge in [-0.3, -0.25) is 0 Å². The zero-order valence-electron chi connectivity index (χ0n) is 11.1. The molecule has 0 unspecified atom stereocenters. The minimum absolute atomic E-state index is 0.310. The van der Waals surface area contributed by atoms with E-state index < -0.39 is 0 Å². The first-order valence-corrected chi connectivity index (χ1v) is 6.56. The van der Waals surface area contributed by atoms with Crippen molar-refractivity contribution in [3.8, 4) is 17.0 Å². The summed E-state index contributed by atoms with van der Waals surface area (Å²) in [4.78, 5) is 3.42. The SMILES string of the molecule is CC(C)c1cc(-c2cc3ccccc3[nH]2)ccc1O. The zero-order valence-corrected chi connectivity index (χ0v) is 11.1. The quantitative estimate of drug-likeness (QED) is 0.682. The topological polar surface area (TPSA) is 36.0 Å². The second-order valence-corrected chi connectivity index (χ2v) is 5.20. The Morgan fingerprint density at radius 2 is 1.79 bits per heavy atom. The lowest BCUT2D eigenvalue weighted by molar-refractivity contribution is 0.465. The normalized spacial score (nSPS) is 11.3. The molecule has 0 radical (unpaired) electrons. The minimum atomic E-state index is 0.310. The predicted octanol–water partition coefficient (Wildman–Crippen LogP) is 4.66. The molecule has 3 rings (SSSR count). The van der Waals surface area contributed by atoms with E-state index in [-0.39, 0.29) is 0 Å². The van der Waals surface area contributed by atoms with Crippen LogP contribution >= 0.6 is 0 Å². The molecule has 3 aromatic rings. The highest BCUT2D eigenvalue weighted by molar-refractivity contribution is 5.85. The third-order valence-electron chi connectivity index (χ3n) is 3.49. The van der Waals surface area contributed by atoms with E-state index in [1.807, 2.05) is 18.2 Å². The van der Waals surface area contributed by atoms with Crippen molar-refractivity contribution in [1.82, 2.24) is 4.98 Å². The first-order chi connectivity index (χ1) is 9.15. The van der Waals surface area contributed by atoms with Crippen LogP contribution < -0.4 is 0 Å². The van der Waals surface area contributed by atoms with Crippen LogP contribution in [0.5, 0.6) is 5.75 Å². The van der Waals surface area contributed by atoms with Crippen LogP contribution in [0.1, 0.15) is 25.3 Å². The van der Waals surface area contributed by atoms with Crippen LogP contribution in [-0.2, 0) is 0 Å². The summed E-state index contributed by atoms with van der Waals surface area (Å²) in [6, 6.07) is 16.2. The molecular formula is C17H17NO. The van der Waals surface area contributed by atoms with E-state index in [9.17, 15) is 5.11 Å². The summed E-state index contributed by atoms with van der Waals surface area (Å²) in [7, 11) is 0. The fraction of sp³-hybridized carbons (Fsp3) is 0.176. The molecule has 96 valence electrons. The molecule has 0 bridgehead atoms. The van der Waals surface area contributed by atoms with Gasteiger partial charge in [-0.1, -0.05) is 32.0 Å². The van der Waals surface area contributed by atoms with E-state index in [1.54, 1.807) is 6.07 Å². The first kappa shape index (κ1) is 11.8. The number of aromatic nitrogens is 1. The molecule has 0 saturated carbocycles. The standard InChI is InChI=1S/C17H17NO/c1-11(2)14-9-13(7-8-17(14)19)16-10-12-5-3-4-6-15(12)18-16/h3-11,18-19H,1-2H3. The minimum Gasteiger partial charge on any atom is -0.508 e. The van der Waals surface area contributed by atoms with Gasteiger partial charge in [-0.15, -0.1) is 0 Å². The van der Waals surface area contributed by atoms with Crippen molar-refractivity contribution >= 4 is 10.9 Å². The number of phenols is 1. The number of benzene rings is 2. The Labute approximate surface area is 112 Å². The summed E-state index contributed by atoms with van der Waals surface area (Å²) < 4.78 is 0. The van der Waals surface area contributed by atoms with Crippen molar-refractivity contribution in [2.75, 3.05) is 0 Å². The van der Waals surface area contributed by atoms with Gasteiger partial charge in [0.15, 0.2) is 0 Å². The number of fused-ring (bicyclic) bond motifs is 1. The van der Waals surface area contributed by atoms with Crippen molar-refractivity contribution in [2.24, 2.45) is 0 Å². The number of nitrogens with one attached hydrogen (secondary N) is 1. The predicted molar refractivity (Wildman–Crippen MR) is 79.5 cm³/mol. The molecule has 0 aliphatic carbocycles. The Balaban J connectivity index is 2.13. The lowest BCUT2D eigenvalue weighted by atomic mass is 9.98. The van der Waals surface area contributed by atoms with E-state index in [0.29, 0.717) is 11.7 Å². The summed E-state index contributed by atoms with van der Waals surface area (Å²) in [6.45, 7) is 4.17. The third-order valence-corrected chi connectivity index (χ3v) is 3.49. The molecule has 19 heavy (non-hydrogen) atoms. The van der Waals surface area contributed by atoms with Crippen LogP contribution in [0.3, 0.4) is 0 Å². The number of phenolic OH excluding ortho intramolecular Hbond substituents is 1. The fourth-order valence-electron chi connectivity index (χ4n) is 2.41. The van der Waals surface area contributed by atoms with Gasteiger partial charge < -0.3 is 10.1 Å². The molecule has 0 saturated heterocycles. The first-order valence-electron chi connectivity index (χ1n) is 6.56. The summed E-state index contributed by atoms with van der Waals surface area (Å²) in [6.07, 6.45) is 0. The van der Waals surface area contributed by atoms with E-state index in [4.69, 9.17) is 0 Å². The molecule has 2 aromatic carbocycles. The average Bonchev–Trinajstić information content (AvgIpc) is 2.82. The van der Waals surface area contributed by atoms with Gasteiger partial charge in [0.25, 0.3) is 0 Å². The molecule has 0 aliphatic heterocycles. The van der Waals surface area contributed by atoms with Crippen LogP contribution in [-0.4, -0.2) is 10.1 Å². The van der Waals surface area contributed by atoms with Gasteiger partial charge in [0.2, 0.25) is 0 Å². The number of hydrogen-bond acceptors (Lipinski definition) is 1. The van der Waals surface area contributed by atoms with Gasteiger partial charge in [0.05, 0.1) is 0 Å². The maximum Gasteiger partial charge on any atom is 0.119 e. The van der Waals surface area contributed by atoms with Crippen LogP contribution in [0.2, 0.25) is 0 Å². The molecule has 2 nitrogen and oxygen atoms in total. The number of H-pyrrole nitrogens is 1. The van der Waals surface area contributed by atoms with Crippen LogP contribution in [0.4, 0.5) is 0 Å².